The van der Waals surface area contributed by atoms with E-state index in [1.54, 1.807) is 24.3 Å². The van der Waals surface area contributed by atoms with Crippen LogP contribution in [-0.2, 0) is 9.59 Å². The molecule has 6 heteroatoms. The SMILES string of the molecule is O=C(CCN1CCC[C@H]1C(=O)O)Nc1cccc(Cl)c1. The van der Waals surface area contributed by atoms with Crippen LogP contribution in [0.1, 0.15) is 19.3 Å². The smallest absolute Gasteiger partial charge is 0.320 e. The fourth-order valence-corrected chi connectivity index (χ4v) is 2.60. The maximum absolute atomic E-state index is 11.8. The van der Waals surface area contributed by atoms with E-state index in [4.69, 9.17) is 16.7 Å². The number of nitrogens with zero attached hydrogens (tertiary/aromatic N) is 1. The quantitative estimate of drug-likeness (QED) is 0.874. The third kappa shape index (κ3) is 3.95. The molecule has 2 N–H and O–H groups in total. The Hall–Kier alpha value is -1.59. The van der Waals surface area contributed by atoms with E-state index in [1.807, 2.05) is 4.90 Å². The number of hydrogen-bond acceptors (Lipinski definition) is 3. The summed E-state index contributed by atoms with van der Waals surface area (Å²) < 4.78 is 0. The number of anilines is 1. The van der Waals surface area contributed by atoms with Crippen molar-refractivity contribution in [1.82, 2.24) is 4.90 Å². The van der Waals surface area contributed by atoms with Gasteiger partial charge in [0.25, 0.3) is 0 Å². The van der Waals surface area contributed by atoms with Crippen LogP contribution in [0.5, 0.6) is 0 Å². The van der Waals surface area contributed by atoms with Gasteiger partial charge < -0.3 is 10.4 Å². The van der Waals surface area contributed by atoms with E-state index < -0.39 is 12.0 Å². The van der Waals surface area contributed by atoms with E-state index in [-0.39, 0.29) is 12.3 Å². The van der Waals surface area contributed by atoms with Crippen LogP contribution in [0.2, 0.25) is 5.02 Å². The van der Waals surface area contributed by atoms with Gasteiger partial charge in [0, 0.05) is 23.7 Å². The zero-order chi connectivity index (χ0) is 14.5. The maximum Gasteiger partial charge on any atom is 0.320 e. The second-order valence-electron chi connectivity index (χ2n) is 4.84. The number of halogens is 1. The third-order valence-corrected chi connectivity index (χ3v) is 3.62. The second kappa shape index (κ2) is 6.72. The summed E-state index contributed by atoms with van der Waals surface area (Å²) in [6.45, 7) is 1.20. The molecule has 0 aromatic heterocycles. The summed E-state index contributed by atoms with van der Waals surface area (Å²) in [5, 5.41) is 12.4. The zero-order valence-electron chi connectivity index (χ0n) is 11.0. The Kier molecular flexibility index (Phi) is 4.98. The first kappa shape index (κ1) is 14.8. The number of nitrogens with one attached hydrogen (secondary N) is 1. The molecule has 1 saturated heterocycles. The minimum absolute atomic E-state index is 0.136. The minimum atomic E-state index is -0.808. The molecule has 1 amide bonds. The van der Waals surface area contributed by atoms with E-state index in [9.17, 15) is 9.59 Å². The molecule has 2 rings (SSSR count). The molecule has 0 radical (unpaired) electrons. The molecule has 1 aromatic rings. The number of amides is 1. The van der Waals surface area contributed by atoms with Crippen molar-refractivity contribution < 1.29 is 14.7 Å². The number of carboxylic acids is 1. The summed E-state index contributed by atoms with van der Waals surface area (Å²) in [6, 6.07) is 6.49. The Morgan fingerprint density at radius 3 is 2.95 bits per heavy atom. The monoisotopic (exact) mass is 296 g/mol. The van der Waals surface area contributed by atoms with Crippen LogP contribution in [0.25, 0.3) is 0 Å². The lowest BCUT2D eigenvalue weighted by atomic mass is 10.2. The maximum atomic E-state index is 11.8. The Bertz CT molecular complexity index is 507. The molecule has 1 fully saturated rings. The Labute approximate surface area is 122 Å². The average Bonchev–Trinajstić information content (AvgIpc) is 2.85. The van der Waals surface area contributed by atoms with Crippen molar-refractivity contribution in [3.63, 3.8) is 0 Å². The van der Waals surface area contributed by atoms with E-state index >= 15 is 0 Å². The number of carboxylic acid groups (broad SMARTS) is 1. The molecule has 1 aliphatic heterocycles. The molecular weight excluding hydrogens is 280 g/mol. The molecular formula is C14H17ClN2O3. The highest BCUT2D eigenvalue weighted by molar-refractivity contribution is 6.30. The highest BCUT2D eigenvalue weighted by Gasteiger charge is 2.30. The van der Waals surface area contributed by atoms with Gasteiger partial charge in [0.1, 0.15) is 6.04 Å². The van der Waals surface area contributed by atoms with E-state index in [0.717, 1.165) is 13.0 Å². The largest absolute Gasteiger partial charge is 0.480 e. The van der Waals surface area contributed by atoms with Gasteiger partial charge in [-0.2, -0.15) is 0 Å². The van der Waals surface area contributed by atoms with Gasteiger partial charge in [-0.1, -0.05) is 17.7 Å². The van der Waals surface area contributed by atoms with Crippen LogP contribution in [0.3, 0.4) is 0 Å². The Morgan fingerprint density at radius 1 is 1.45 bits per heavy atom. The van der Waals surface area contributed by atoms with Gasteiger partial charge in [0.05, 0.1) is 0 Å². The summed E-state index contributed by atoms with van der Waals surface area (Å²) in [5.41, 5.74) is 0.652. The highest BCUT2D eigenvalue weighted by Crippen LogP contribution is 2.18. The summed E-state index contributed by atoms with van der Waals surface area (Å²) in [7, 11) is 0. The molecule has 20 heavy (non-hydrogen) atoms. The van der Waals surface area contributed by atoms with Gasteiger partial charge in [0.15, 0.2) is 0 Å². The molecule has 1 aromatic carbocycles. The number of benzene rings is 1. The van der Waals surface area contributed by atoms with Gasteiger partial charge in [-0.3, -0.25) is 14.5 Å². The van der Waals surface area contributed by atoms with Crippen molar-refractivity contribution in [3.8, 4) is 0 Å². The lowest BCUT2D eigenvalue weighted by molar-refractivity contribution is -0.142. The van der Waals surface area contributed by atoms with Crippen LogP contribution in [-0.4, -0.2) is 41.0 Å². The van der Waals surface area contributed by atoms with Crippen LogP contribution in [0, 0.1) is 0 Å². The van der Waals surface area contributed by atoms with E-state index in [2.05, 4.69) is 5.32 Å². The number of aliphatic carboxylic acids is 1. The molecule has 0 aliphatic carbocycles. The molecule has 1 aliphatic rings. The molecule has 0 unspecified atom stereocenters. The average molecular weight is 297 g/mol. The molecule has 5 nitrogen and oxygen atoms in total. The summed E-state index contributed by atoms with van der Waals surface area (Å²) >= 11 is 5.84. The molecule has 0 bridgehead atoms. The first-order valence-corrected chi connectivity index (χ1v) is 6.96. The van der Waals surface area contributed by atoms with Gasteiger partial charge in [-0.05, 0) is 37.6 Å². The predicted octanol–water partition coefficient (Wildman–Crippen LogP) is 2.22. The van der Waals surface area contributed by atoms with Gasteiger partial charge in [-0.25, -0.2) is 0 Å². The van der Waals surface area contributed by atoms with Gasteiger partial charge >= 0.3 is 5.97 Å². The fourth-order valence-electron chi connectivity index (χ4n) is 2.41. The first-order chi connectivity index (χ1) is 9.56. The number of rotatable bonds is 5. The first-order valence-electron chi connectivity index (χ1n) is 6.58. The van der Waals surface area contributed by atoms with Crippen molar-refractivity contribution in [2.24, 2.45) is 0 Å². The van der Waals surface area contributed by atoms with Crippen LogP contribution in [0.4, 0.5) is 5.69 Å². The number of likely N-dealkylation sites (tertiary alicyclic amines) is 1. The van der Waals surface area contributed by atoms with Crippen molar-refractivity contribution in [2.75, 3.05) is 18.4 Å². The van der Waals surface area contributed by atoms with Crippen LogP contribution >= 0.6 is 11.6 Å². The van der Waals surface area contributed by atoms with Gasteiger partial charge in [-0.15, -0.1) is 0 Å². The Morgan fingerprint density at radius 2 is 2.25 bits per heavy atom. The standard InChI is InChI=1S/C14H17ClN2O3/c15-10-3-1-4-11(9-10)16-13(18)6-8-17-7-2-5-12(17)14(19)20/h1,3-4,9,12H,2,5-8H2,(H,16,18)(H,19,20)/t12-/m0/s1. The summed E-state index contributed by atoms with van der Waals surface area (Å²) in [6.07, 6.45) is 1.80. The minimum Gasteiger partial charge on any atom is -0.480 e. The van der Waals surface area contributed by atoms with Crippen LogP contribution < -0.4 is 5.32 Å². The summed E-state index contributed by atoms with van der Waals surface area (Å²) in [5.74, 6) is -0.943. The second-order valence-corrected chi connectivity index (χ2v) is 5.28. The zero-order valence-corrected chi connectivity index (χ0v) is 11.8. The highest BCUT2D eigenvalue weighted by atomic mass is 35.5. The van der Waals surface area contributed by atoms with Crippen molar-refractivity contribution in [3.05, 3.63) is 29.3 Å². The topological polar surface area (TPSA) is 69.6 Å². The van der Waals surface area contributed by atoms with Gasteiger partial charge in [0.2, 0.25) is 5.91 Å². The van der Waals surface area contributed by atoms with Crippen LogP contribution in [0.15, 0.2) is 24.3 Å². The van der Waals surface area contributed by atoms with Crippen molar-refractivity contribution in [1.29, 1.82) is 0 Å². The predicted molar refractivity (Wildman–Crippen MR) is 76.9 cm³/mol. The van der Waals surface area contributed by atoms with Crippen molar-refractivity contribution in [2.45, 2.75) is 25.3 Å². The van der Waals surface area contributed by atoms with Crippen molar-refractivity contribution >= 4 is 29.2 Å². The molecule has 1 heterocycles. The summed E-state index contributed by atoms with van der Waals surface area (Å²) in [4.78, 5) is 24.7. The number of carbonyl (C=O) groups excluding carboxylic acids is 1. The molecule has 108 valence electrons. The normalized spacial score (nSPS) is 18.9. The lowest BCUT2D eigenvalue weighted by Crippen LogP contribution is -2.37. The lowest BCUT2D eigenvalue weighted by Gasteiger charge is -2.20. The fraction of sp³-hybridized carbons (Fsp3) is 0.429. The molecule has 1 atom stereocenters. The van der Waals surface area contributed by atoms with E-state index in [0.29, 0.717) is 23.7 Å². The molecule has 0 saturated carbocycles. The number of carbonyl (C=O) groups is 2. The van der Waals surface area contributed by atoms with E-state index in [1.165, 1.54) is 0 Å². The number of hydrogen-bond donors (Lipinski definition) is 2. The molecule has 0 spiro atoms. The third-order valence-electron chi connectivity index (χ3n) is 3.38. The Balaban J connectivity index is 1.82.